The quantitative estimate of drug-likeness (QED) is 0.861. The van der Waals surface area contributed by atoms with Gasteiger partial charge in [0.05, 0.1) is 11.3 Å². The zero-order valence-electron chi connectivity index (χ0n) is 11.4. The van der Waals surface area contributed by atoms with Crippen LogP contribution in [0.4, 0.5) is 5.69 Å². The van der Waals surface area contributed by atoms with Crippen molar-refractivity contribution in [3.8, 4) is 0 Å². The van der Waals surface area contributed by atoms with Crippen molar-refractivity contribution in [3.63, 3.8) is 0 Å². The van der Waals surface area contributed by atoms with E-state index in [4.69, 9.17) is 0 Å². The van der Waals surface area contributed by atoms with Gasteiger partial charge in [0.25, 0.3) is 5.91 Å². The van der Waals surface area contributed by atoms with Gasteiger partial charge in [-0.25, -0.2) is 0 Å². The van der Waals surface area contributed by atoms with E-state index in [2.05, 4.69) is 37.5 Å². The van der Waals surface area contributed by atoms with E-state index in [1.165, 1.54) is 5.56 Å². The van der Waals surface area contributed by atoms with E-state index in [9.17, 15) is 4.79 Å². The van der Waals surface area contributed by atoms with E-state index < -0.39 is 0 Å². The van der Waals surface area contributed by atoms with Crippen molar-refractivity contribution < 1.29 is 4.79 Å². The molecule has 0 saturated carbocycles. The number of para-hydroxylation sites is 1. The van der Waals surface area contributed by atoms with Gasteiger partial charge in [0, 0.05) is 12.6 Å². The third kappa shape index (κ3) is 2.66. The minimum absolute atomic E-state index is 0.0518. The summed E-state index contributed by atoms with van der Waals surface area (Å²) in [5.41, 5.74) is 3.01. The van der Waals surface area contributed by atoms with Gasteiger partial charge in [-0.15, -0.1) is 0 Å². The predicted octanol–water partition coefficient (Wildman–Crippen LogP) is 2.82. The van der Waals surface area contributed by atoms with Crippen LogP contribution in [0.25, 0.3) is 0 Å². The summed E-state index contributed by atoms with van der Waals surface area (Å²) < 4.78 is 0. The van der Waals surface area contributed by atoms with Crippen LogP contribution in [0.2, 0.25) is 0 Å². The minimum Gasteiger partial charge on any atom is -0.382 e. The number of benzene rings is 1. The van der Waals surface area contributed by atoms with Gasteiger partial charge in [-0.2, -0.15) is 0 Å². The highest BCUT2D eigenvalue weighted by Crippen LogP contribution is 2.24. The Hall–Kier alpha value is -1.51. The molecule has 1 aromatic carbocycles. The van der Waals surface area contributed by atoms with Crippen molar-refractivity contribution in [2.45, 2.75) is 39.7 Å². The van der Waals surface area contributed by atoms with Gasteiger partial charge >= 0.3 is 0 Å². The van der Waals surface area contributed by atoms with Crippen LogP contribution in [0.1, 0.15) is 43.1 Å². The molecule has 0 saturated heterocycles. The molecule has 3 nitrogen and oxygen atoms in total. The van der Waals surface area contributed by atoms with Gasteiger partial charge < -0.3 is 10.6 Å². The Kier molecular flexibility index (Phi) is 3.90. The SMILES string of the molecule is CCc1cccc2c1NCC(CC(C)C)NC2=O. The maximum Gasteiger partial charge on any atom is 0.253 e. The highest BCUT2D eigenvalue weighted by Gasteiger charge is 2.22. The van der Waals surface area contributed by atoms with Gasteiger partial charge in [-0.3, -0.25) is 4.79 Å². The fourth-order valence-electron chi connectivity index (χ4n) is 2.54. The standard InChI is InChI=1S/C15H22N2O/c1-4-11-6-5-7-13-14(11)16-9-12(8-10(2)3)17-15(13)18/h5-7,10,12,16H,4,8-9H2,1-3H3,(H,17,18). The van der Waals surface area contributed by atoms with Gasteiger partial charge in [0.15, 0.2) is 0 Å². The van der Waals surface area contributed by atoms with E-state index >= 15 is 0 Å². The summed E-state index contributed by atoms with van der Waals surface area (Å²) in [5.74, 6) is 0.639. The van der Waals surface area contributed by atoms with E-state index in [0.29, 0.717) is 5.92 Å². The van der Waals surface area contributed by atoms with Crippen molar-refractivity contribution >= 4 is 11.6 Å². The number of hydrogen-bond acceptors (Lipinski definition) is 2. The second-order valence-corrected chi connectivity index (χ2v) is 5.37. The molecule has 0 aliphatic carbocycles. The topological polar surface area (TPSA) is 41.1 Å². The molecule has 1 aromatic rings. The molecule has 1 unspecified atom stereocenters. The first-order valence-corrected chi connectivity index (χ1v) is 6.78. The molecule has 0 bridgehead atoms. The zero-order valence-corrected chi connectivity index (χ0v) is 11.4. The number of hydrogen-bond donors (Lipinski definition) is 2. The third-order valence-electron chi connectivity index (χ3n) is 3.39. The summed E-state index contributed by atoms with van der Waals surface area (Å²) in [6.45, 7) is 7.29. The lowest BCUT2D eigenvalue weighted by atomic mass is 10.0. The molecule has 2 rings (SSSR count). The van der Waals surface area contributed by atoms with Crippen LogP contribution >= 0.6 is 0 Å². The maximum absolute atomic E-state index is 12.2. The number of rotatable bonds is 3. The first kappa shape index (κ1) is 12.9. The van der Waals surface area contributed by atoms with Crippen LogP contribution in [0, 0.1) is 5.92 Å². The predicted molar refractivity (Wildman–Crippen MR) is 75.0 cm³/mol. The van der Waals surface area contributed by atoms with Crippen LogP contribution in [0.5, 0.6) is 0 Å². The average molecular weight is 246 g/mol. The Morgan fingerprint density at radius 3 is 2.83 bits per heavy atom. The number of anilines is 1. The molecule has 0 radical (unpaired) electrons. The lowest BCUT2D eigenvalue weighted by molar-refractivity contribution is 0.0938. The Balaban J connectivity index is 2.26. The number of carbonyl (C=O) groups excluding carboxylic acids is 1. The normalized spacial score (nSPS) is 18.9. The monoisotopic (exact) mass is 246 g/mol. The molecule has 0 aromatic heterocycles. The van der Waals surface area contributed by atoms with Crippen LogP contribution in [-0.2, 0) is 6.42 Å². The van der Waals surface area contributed by atoms with Gasteiger partial charge in [0.2, 0.25) is 0 Å². The van der Waals surface area contributed by atoms with Crippen molar-refractivity contribution in [3.05, 3.63) is 29.3 Å². The Labute approximate surface area is 109 Å². The maximum atomic E-state index is 12.2. The molecular formula is C15H22N2O. The van der Waals surface area contributed by atoms with Gasteiger partial charge in [-0.05, 0) is 30.4 Å². The molecule has 98 valence electrons. The van der Waals surface area contributed by atoms with Crippen molar-refractivity contribution in [2.75, 3.05) is 11.9 Å². The number of aryl methyl sites for hydroxylation is 1. The largest absolute Gasteiger partial charge is 0.382 e. The molecule has 0 fully saturated rings. The van der Waals surface area contributed by atoms with Crippen LogP contribution in [0.15, 0.2) is 18.2 Å². The van der Waals surface area contributed by atoms with E-state index in [1.807, 2.05) is 12.1 Å². The zero-order chi connectivity index (χ0) is 13.1. The molecule has 3 heteroatoms. The highest BCUT2D eigenvalue weighted by atomic mass is 16.1. The molecular weight excluding hydrogens is 224 g/mol. The van der Waals surface area contributed by atoms with E-state index in [0.717, 1.165) is 30.6 Å². The summed E-state index contributed by atoms with van der Waals surface area (Å²) in [5, 5.41) is 6.56. The molecule has 1 aliphatic heterocycles. The molecule has 1 amide bonds. The Morgan fingerprint density at radius 2 is 2.17 bits per heavy atom. The van der Waals surface area contributed by atoms with Gasteiger partial charge in [-0.1, -0.05) is 32.9 Å². The first-order valence-electron chi connectivity index (χ1n) is 6.78. The molecule has 1 atom stereocenters. The molecule has 18 heavy (non-hydrogen) atoms. The van der Waals surface area contributed by atoms with Crippen LogP contribution in [0.3, 0.4) is 0 Å². The van der Waals surface area contributed by atoms with Gasteiger partial charge in [0.1, 0.15) is 0 Å². The average Bonchev–Trinajstić information content (AvgIpc) is 2.48. The highest BCUT2D eigenvalue weighted by molar-refractivity contribution is 6.01. The fourth-order valence-corrected chi connectivity index (χ4v) is 2.54. The summed E-state index contributed by atoms with van der Waals surface area (Å²) in [7, 11) is 0. The summed E-state index contributed by atoms with van der Waals surface area (Å²) in [4.78, 5) is 12.2. The van der Waals surface area contributed by atoms with Crippen LogP contribution in [-0.4, -0.2) is 18.5 Å². The van der Waals surface area contributed by atoms with Crippen molar-refractivity contribution in [1.82, 2.24) is 5.32 Å². The smallest absolute Gasteiger partial charge is 0.253 e. The summed E-state index contributed by atoms with van der Waals surface area (Å²) in [6.07, 6.45) is 1.95. The number of nitrogens with one attached hydrogen (secondary N) is 2. The summed E-state index contributed by atoms with van der Waals surface area (Å²) >= 11 is 0. The lowest BCUT2D eigenvalue weighted by Gasteiger charge is -2.18. The molecule has 0 spiro atoms. The van der Waals surface area contributed by atoms with Crippen LogP contribution < -0.4 is 10.6 Å². The van der Waals surface area contributed by atoms with Crippen molar-refractivity contribution in [2.24, 2.45) is 5.92 Å². The lowest BCUT2D eigenvalue weighted by Crippen LogP contribution is -2.37. The third-order valence-corrected chi connectivity index (χ3v) is 3.39. The van der Waals surface area contributed by atoms with E-state index in [-0.39, 0.29) is 11.9 Å². The number of amides is 1. The Morgan fingerprint density at radius 1 is 1.39 bits per heavy atom. The first-order chi connectivity index (χ1) is 8.61. The number of fused-ring (bicyclic) bond motifs is 1. The van der Waals surface area contributed by atoms with Crippen molar-refractivity contribution in [1.29, 1.82) is 0 Å². The molecule has 2 N–H and O–H groups in total. The number of carbonyl (C=O) groups is 1. The summed E-state index contributed by atoms with van der Waals surface area (Å²) in [6, 6.07) is 6.16. The second kappa shape index (κ2) is 5.42. The molecule has 1 aliphatic rings. The second-order valence-electron chi connectivity index (χ2n) is 5.37. The van der Waals surface area contributed by atoms with E-state index in [1.54, 1.807) is 0 Å². The molecule has 1 heterocycles. The minimum atomic E-state index is 0.0518. The Bertz CT molecular complexity index is 440. The fraction of sp³-hybridized carbons (Fsp3) is 0.533.